The van der Waals surface area contributed by atoms with Gasteiger partial charge in [0.2, 0.25) is 5.91 Å². The van der Waals surface area contributed by atoms with E-state index in [1.54, 1.807) is 0 Å². The van der Waals surface area contributed by atoms with E-state index in [0.717, 1.165) is 0 Å². The van der Waals surface area contributed by atoms with E-state index in [1.165, 1.54) is 0 Å². The lowest BCUT2D eigenvalue weighted by Crippen LogP contribution is -2.40. The lowest BCUT2D eigenvalue weighted by molar-refractivity contribution is -0.175. The molecule has 8 heteroatoms. The first-order valence-electron chi connectivity index (χ1n) is 5.94. The van der Waals surface area contributed by atoms with Crippen LogP contribution in [0.2, 0.25) is 0 Å². The van der Waals surface area contributed by atoms with Crippen LogP contribution in [0.25, 0.3) is 0 Å². The van der Waals surface area contributed by atoms with Crippen LogP contribution >= 0.6 is 0 Å². The fraction of sp³-hybridized carbons (Fsp3) is 0.818. The standard InChI is InChI=1S/C11H16F3NO4/c12-11(13,14)6-19-5-9(16)15-8-3-1-7(2-4-8)10(17)18/h7-8H,1-6H2,(H,15,16)(H,17,18). The lowest BCUT2D eigenvalue weighted by atomic mass is 9.86. The van der Waals surface area contributed by atoms with Crippen LogP contribution in [0.4, 0.5) is 13.2 Å². The highest BCUT2D eigenvalue weighted by Crippen LogP contribution is 2.24. The van der Waals surface area contributed by atoms with Crippen LogP contribution in [-0.4, -0.2) is 42.4 Å². The van der Waals surface area contributed by atoms with Crippen molar-refractivity contribution in [2.45, 2.75) is 37.9 Å². The summed E-state index contributed by atoms with van der Waals surface area (Å²) in [6.07, 6.45) is -2.49. The van der Waals surface area contributed by atoms with Gasteiger partial charge in [-0.1, -0.05) is 0 Å². The van der Waals surface area contributed by atoms with Gasteiger partial charge in [-0.2, -0.15) is 13.2 Å². The van der Waals surface area contributed by atoms with Gasteiger partial charge in [-0.3, -0.25) is 9.59 Å². The molecule has 0 aromatic carbocycles. The van der Waals surface area contributed by atoms with Crippen LogP contribution < -0.4 is 5.32 Å². The van der Waals surface area contributed by atoms with Gasteiger partial charge in [0.15, 0.2) is 0 Å². The second-order valence-corrected chi connectivity index (χ2v) is 4.56. The average Bonchev–Trinajstić information content (AvgIpc) is 2.27. The van der Waals surface area contributed by atoms with Crippen molar-refractivity contribution in [1.29, 1.82) is 0 Å². The molecule has 2 N–H and O–H groups in total. The molecule has 1 saturated carbocycles. The first-order valence-corrected chi connectivity index (χ1v) is 5.94. The van der Waals surface area contributed by atoms with Gasteiger partial charge in [-0.25, -0.2) is 0 Å². The molecular formula is C11H16F3NO4. The van der Waals surface area contributed by atoms with Gasteiger partial charge in [0.1, 0.15) is 13.2 Å². The van der Waals surface area contributed by atoms with E-state index >= 15 is 0 Å². The third-order valence-corrected chi connectivity index (χ3v) is 2.94. The Kier molecular flexibility index (Phi) is 5.59. The number of alkyl halides is 3. The van der Waals surface area contributed by atoms with Gasteiger partial charge in [0, 0.05) is 6.04 Å². The fourth-order valence-corrected chi connectivity index (χ4v) is 2.01. The Labute approximate surface area is 108 Å². The topological polar surface area (TPSA) is 75.6 Å². The summed E-state index contributed by atoms with van der Waals surface area (Å²) in [5.41, 5.74) is 0. The molecule has 1 fully saturated rings. The van der Waals surface area contributed by atoms with E-state index in [9.17, 15) is 22.8 Å². The number of hydrogen-bond donors (Lipinski definition) is 2. The fourth-order valence-electron chi connectivity index (χ4n) is 2.01. The molecule has 0 saturated heterocycles. The maximum atomic E-state index is 11.8. The van der Waals surface area contributed by atoms with Crippen LogP contribution in [0.5, 0.6) is 0 Å². The van der Waals surface area contributed by atoms with E-state index in [0.29, 0.717) is 25.7 Å². The number of ether oxygens (including phenoxy) is 1. The first kappa shape index (κ1) is 15.7. The summed E-state index contributed by atoms with van der Waals surface area (Å²) < 4.78 is 39.5. The van der Waals surface area contributed by atoms with Crippen LogP contribution in [0.15, 0.2) is 0 Å². The Morgan fingerprint density at radius 2 is 1.79 bits per heavy atom. The van der Waals surface area contributed by atoms with E-state index in [-0.39, 0.29) is 6.04 Å². The Morgan fingerprint density at radius 3 is 2.26 bits per heavy atom. The van der Waals surface area contributed by atoms with Gasteiger partial charge in [-0.05, 0) is 25.7 Å². The summed E-state index contributed by atoms with van der Waals surface area (Å²) in [6, 6.07) is -0.183. The number of nitrogens with one attached hydrogen (secondary N) is 1. The summed E-state index contributed by atoms with van der Waals surface area (Å²) in [5, 5.41) is 11.3. The second-order valence-electron chi connectivity index (χ2n) is 4.56. The number of hydrogen-bond acceptors (Lipinski definition) is 3. The monoisotopic (exact) mass is 283 g/mol. The maximum absolute atomic E-state index is 11.8. The molecule has 1 amide bonds. The minimum Gasteiger partial charge on any atom is -0.481 e. The highest BCUT2D eigenvalue weighted by atomic mass is 19.4. The first-order chi connectivity index (χ1) is 8.78. The van der Waals surface area contributed by atoms with Crippen LogP contribution in [0, 0.1) is 5.92 Å². The van der Waals surface area contributed by atoms with Crippen LogP contribution in [-0.2, 0) is 14.3 Å². The SMILES string of the molecule is O=C(COCC(F)(F)F)NC1CCC(C(=O)O)CC1. The molecule has 0 spiro atoms. The zero-order chi connectivity index (χ0) is 14.5. The number of carbonyl (C=O) groups excluding carboxylic acids is 1. The molecule has 1 aliphatic rings. The van der Waals surface area contributed by atoms with Crippen LogP contribution in [0.1, 0.15) is 25.7 Å². The summed E-state index contributed by atoms with van der Waals surface area (Å²) in [5.74, 6) is -1.85. The third-order valence-electron chi connectivity index (χ3n) is 2.94. The Bertz CT molecular complexity index is 324. The minimum atomic E-state index is -4.44. The number of rotatable bonds is 5. The summed E-state index contributed by atoms with van der Waals surface area (Å²) in [4.78, 5) is 22.0. The number of halogens is 3. The van der Waals surface area contributed by atoms with Crippen molar-refractivity contribution in [3.05, 3.63) is 0 Å². The summed E-state index contributed by atoms with van der Waals surface area (Å²) in [6.45, 7) is -2.09. The molecule has 0 heterocycles. The summed E-state index contributed by atoms with van der Waals surface area (Å²) in [7, 11) is 0. The molecule has 0 bridgehead atoms. The molecule has 0 atom stereocenters. The number of amides is 1. The molecule has 0 aliphatic heterocycles. The molecule has 5 nitrogen and oxygen atoms in total. The van der Waals surface area contributed by atoms with E-state index < -0.39 is 37.2 Å². The van der Waals surface area contributed by atoms with Crippen LogP contribution in [0.3, 0.4) is 0 Å². The normalized spacial score (nSPS) is 23.9. The molecule has 110 valence electrons. The highest BCUT2D eigenvalue weighted by molar-refractivity contribution is 5.77. The predicted octanol–water partition coefficient (Wildman–Crippen LogP) is 1.32. The van der Waals surface area contributed by atoms with Crippen molar-refractivity contribution in [2.75, 3.05) is 13.2 Å². The Balaban J connectivity index is 2.18. The van der Waals surface area contributed by atoms with Gasteiger partial charge in [0.25, 0.3) is 0 Å². The zero-order valence-electron chi connectivity index (χ0n) is 10.2. The van der Waals surface area contributed by atoms with Gasteiger partial charge in [0.05, 0.1) is 5.92 Å². The van der Waals surface area contributed by atoms with Crippen molar-refractivity contribution in [3.8, 4) is 0 Å². The molecule has 0 aromatic heterocycles. The quantitative estimate of drug-likeness (QED) is 0.798. The number of carboxylic acid groups (broad SMARTS) is 1. The molecule has 19 heavy (non-hydrogen) atoms. The van der Waals surface area contributed by atoms with E-state index in [4.69, 9.17) is 5.11 Å². The van der Waals surface area contributed by atoms with Crippen molar-refractivity contribution in [2.24, 2.45) is 5.92 Å². The van der Waals surface area contributed by atoms with Gasteiger partial charge in [-0.15, -0.1) is 0 Å². The number of aliphatic carboxylic acids is 1. The van der Waals surface area contributed by atoms with Crippen molar-refractivity contribution in [1.82, 2.24) is 5.32 Å². The van der Waals surface area contributed by atoms with Crippen molar-refractivity contribution < 1.29 is 32.6 Å². The van der Waals surface area contributed by atoms with Crippen molar-refractivity contribution >= 4 is 11.9 Å². The minimum absolute atomic E-state index is 0.183. The van der Waals surface area contributed by atoms with Gasteiger partial charge >= 0.3 is 12.1 Å². The third kappa shape index (κ3) is 6.42. The number of carboxylic acids is 1. The zero-order valence-corrected chi connectivity index (χ0v) is 10.2. The average molecular weight is 283 g/mol. The molecule has 0 aromatic rings. The highest BCUT2D eigenvalue weighted by Gasteiger charge is 2.29. The molecule has 0 radical (unpaired) electrons. The van der Waals surface area contributed by atoms with E-state index in [2.05, 4.69) is 10.1 Å². The largest absolute Gasteiger partial charge is 0.481 e. The number of carbonyl (C=O) groups is 2. The second kappa shape index (κ2) is 6.74. The lowest BCUT2D eigenvalue weighted by Gasteiger charge is -2.26. The maximum Gasteiger partial charge on any atom is 0.411 e. The molecule has 1 rings (SSSR count). The van der Waals surface area contributed by atoms with Gasteiger partial charge < -0.3 is 15.2 Å². The molecule has 0 unspecified atom stereocenters. The predicted molar refractivity (Wildman–Crippen MR) is 58.4 cm³/mol. The molecular weight excluding hydrogens is 267 g/mol. The van der Waals surface area contributed by atoms with Crippen molar-refractivity contribution in [3.63, 3.8) is 0 Å². The summed E-state index contributed by atoms with van der Waals surface area (Å²) >= 11 is 0. The smallest absolute Gasteiger partial charge is 0.411 e. The Morgan fingerprint density at radius 1 is 1.21 bits per heavy atom. The molecule has 1 aliphatic carbocycles. The van der Waals surface area contributed by atoms with E-state index in [1.807, 2.05) is 0 Å². The Hall–Kier alpha value is -1.31.